The van der Waals surface area contributed by atoms with Crippen molar-refractivity contribution in [2.24, 2.45) is 5.92 Å². The fourth-order valence-corrected chi connectivity index (χ4v) is 4.48. The summed E-state index contributed by atoms with van der Waals surface area (Å²) in [4.78, 5) is 2.85. The van der Waals surface area contributed by atoms with E-state index in [1.807, 2.05) is 26.0 Å². The number of nitrogens with zero attached hydrogens (tertiary/aromatic N) is 1. The summed E-state index contributed by atoms with van der Waals surface area (Å²) < 4.78 is 27.5. The van der Waals surface area contributed by atoms with Crippen molar-refractivity contribution >= 4 is 10.0 Å². The number of hydrogen-bond acceptors (Lipinski definition) is 3. The second kappa shape index (κ2) is 7.57. The van der Waals surface area contributed by atoms with Crippen LogP contribution in [0.3, 0.4) is 0 Å². The molecule has 1 fully saturated rings. The first-order valence-electron chi connectivity index (χ1n) is 8.18. The van der Waals surface area contributed by atoms with Crippen molar-refractivity contribution in [1.29, 1.82) is 0 Å². The van der Waals surface area contributed by atoms with E-state index in [0.29, 0.717) is 11.4 Å². The van der Waals surface area contributed by atoms with Gasteiger partial charge in [0, 0.05) is 13.1 Å². The molecule has 22 heavy (non-hydrogen) atoms. The lowest BCUT2D eigenvalue weighted by molar-refractivity contribution is 0.182. The first kappa shape index (κ1) is 17.4. The Bertz CT molecular complexity index is 599. The summed E-state index contributed by atoms with van der Waals surface area (Å²) in [6, 6.07) is 5.54. The Morgan fingerprint density at radius 1 is 1.32 bits per heavy atom. The third-order valence-corrected chi connectivity index (χ3v) is 5.92. The second-order valence-corrected chi connectivity index (χ2v) is 8.30. The van der Waals surface area contributed by atoms with Crippen molar-refractivity contribution in [1.82, 2.24) is 9.62 Å². The Balaban J connectivity index is 1.84. The van der Waals surface area contributed by atoms with Crippen molar-refractivity contribution in [3.63, 3.8) is 0 Å². The highest BCUT2D eigenvalue weighted by Crippen LogP contribution is 2.17. The van der Waals surface area contributed by atoms with Crippen LogP contribution < -0.4 is 4.72 Å². The third kappa shape index (κ3) is 4.80. The molecule has 0 aliphatic carbocycles. The van der Waals surface area contributed by atoms with E-state index in [4.69, 9.17) is 0 Å². The Morgan fingerprint density at radius 3 is 2.82 bits per heavy atom. The predicted octanol–water partition coefficient (Wildman–Crippen LogP) is 2.70. The maximum Gasteiger partial charge on any atom is 0.240 e. The molecule has 1 heterocycles. The summed E-state index contributed by atoms with van der Waals surface area (Å²) in [5.41, 5.74) is 1.76. The van der Waals surface area contributed by atoms with Gasteiger partial charge in [-0.05, 0) is 69.3 Å². The van der Waals surface area contributed by atoms with Gasteiger partial charge in [0.15, 0.2) is 0 Å². The van der Waals surface area contributed by atoms with Gasteiger partial charge < -0.3 is 4.90 Å². The van der Waals surface area contributed by atoms with E-state index < -0.39 is 10.0 Å². The van der Waals surface area contributed by atoms with Crippen LogP contribution in [0.2, 0.25) is 0 Å². The largest absolute Gasteiger partial charge is 0.303 e. The maximum atomic E-state index is 12.4. The summed E-state index contributed by atoms with van der Waals surface area (Å²) in [6.07, 6.45) is 3.43. The minimum absolute atomic E-state index is 0.402. The number of hydrogen-bond donors (Lipinski definition) is 1. The molecule has 1 aliphatic heterocycles. The first-order valence-corrected chi connectivity index (χ1v) is 9.66. The van der Waals surface area contributed by atoms with E-state index in [1.54, 1.807) is 6.07 Å². The Kier molecular flexibility index (Phi) is 6.01. The lowest BCUT2D eigenvalue weighted by atomic mass is 10.0. The van der Waals surface area contributed by atoms with Gasteiger partial charge in [-0.15, -0.1) is 0 Å². The number of likely N-dealkylation sites (tertiary alicyclic amines) is 1. The zero-order valence-electron chi connectivity index (χ0n) is 13.9. The third-order valence-electron chi connectivity index (χ3n) is 4.32. The standard InChI is InChI=1S/C17H28N2O2S/c1-14-7-8-16(3)17(12-14)22(20,21)18-9-5-11-19-10-4-6-15(2)13-19/h7-8,12,15,18H,4-6,9-11,13H2,1-3H3/t15-/m0/s1. The van der Waals surface area contributed by atoms with E-state index in [2.05, 4.69) is 16.5 Å². The molecule has 0 bridgehead atoms. The summed E-state index contributed by atoms with van der Waals surface area (Å²) in [7, 11) is -3.40. The maximum absolute atomic E-state index is 12.4. The van der Waals surface area contributed by atoms with Crippen molar-refractivity contribution in [2.45, 2.75) is 44.9 Å². The van der Waals surface area contributed by atoms with Crippen LogP contribution in [0.1, 0.15) is 37.3 Å². The summed E-state index contributed by atoms with van der Waals surface area (Å²) in [6.45, 7) is 9.80. The Hall–Kier alpha value is -0.910. The monoisotopic (exact) mass is 324 g/mol. The van der Waals surface area contributed by atoms with Gasteiger partial charge in [-0.3, -0.25) is 0 Å². The van der Waals surface area contributed by atoms with Gasteiger partial charge >= 0.3 is 0 Å². The van der Waals surface area contributed by atoms with Crippen LogP contribution in [0.25, 0.3) is 0 Å². The van der Waals surface area contributed by atoms with Gasteiger partial charge in [-0.2, -0.15) is 0 Å². The number of nitrogens with one attached hydrogen (secondary N) is 1. The second-order valence-electron chi connectivity index (χ2n) is 6.57. The molecule has 0 aromatic heterocycles. The molecule has 124 valence electrons. The van der Waals surface area contributed by atoms with Crippen LogP contribution in [0.15, 0.2) is 23.1 Å². The topological polar surface area (TPSA) is 49.4 Å². The molecule has 2 rings (SSSR count). The van der Waals surface area contributed by atoms with Crippen LogP contribution in [0, 0.1) is 19.8 Å². The smallest absolute Gasteiger partial charge is 0.240 e. The minimum atomic E-state index is -3.40. The van der Waals surface area contributed by atoms with Gasteiger partial charge in [-0.1, -0.05) is 19.1 Å². The molecule has 0 unspecified atom stereocenters. The SMILES string of the molecule is Cc1ccc(C)c(S(=O)(=O)NCCCN2CCC[C@H](C)C2)c1. The van der Waals surface area contributed by atoms with Crippen molar-refractivity contribution in [3.05, 3.63) is 29.3 Å². The van der Waals surface area contributed by atoms with Crippen molar-refractivity contribution in [2.75, 3.05) is 26.2 Å². The molecule has 1 saturated heterocycles. The molecule has 5 heteroatoms. The van der Waals surface area contributed by atoms with Gasteiger partial charge in [0.25, 0.3) is 0 Å². The average molecular weight is 324 g/mol. The molecule has 1 aliphatic rings. The Morgan fingerprint density at radius 2 is 2.09 bits per heavy atom. The lowest BCUT2D eigenvalue weighted by Crippen LogP contribution is -2.36. The molecule has 1 N–H and O–H groups in total. The van der Waals surface area contributed by atoms with E-state index in [1.165, 1.54) is 12.8 Å². The molecule has 0 spiro atoms. The number of piperidine rings is 1. The summed E-state index contributed by atoms with van der Waals surface area (Å²) in [5, 5.41) is 0. The molecule has 0 saturated carbocycles. The highest BCUT2D eigenvalue weighted by molar-refractivity contribution is 7.89. The molecule has 1 aromatic rings. The minimum Gasteiger partial charge on any atom is -0.303 e. The number of aryl methyl sites for hydroxylation is 2. The zero-order valence-corrected chi connectivity index (χ0v) is 14.7. The molecular formula is C17H28N2O2S. The van der Waals surface area contributed by atoms with Crippen LogP contribution in [0.5, 0.6) is 0 Å². The van der Waals surface area contributed by atoms with Crippen LogP contribution in [-0.4, -0.2) is 39.5 Å². The summed E-state index contributed by atoms with van der Waals surface area (Å²) in [5.74, 6) is 0.764. The number of sulfonamides is 1. The van der Waals surface area contributed by atoms with Crippen molar-refractivity contribution < 1.29 is 8.42 Å². The summed E-state index contributed by atoms with van der Waals surface area (Å²) >= 11 is 0. The number of rotatable bonds is 6. The van der Waals surface area contributed by atoms with Gasteiger partial charge in [0.2, 0.25) is 10.0 Å². The van der Waals surface area contributed by atoms with E-state index in [-0.39, 0.29) is 0 Å². The van der Waals surface area contributed by atoms with Gasteiger partial charge in [0.1, 0.15) is 0 Å². The van der Waals surface area contributed by atoms with Crippen LogP contribution in [-0.2, 0) is 10.0 Å². The van der Waals surface area contributed by atoms with Crippen molar-refractivity contribution in [3.8, 4) is 0 Å². The molecule has 0 amide bonds. The quantitative estimate of drug-likeness (QED) is 0.819. The fourth-order valence-electron chi connectivity index (χ4n) is 3.07. The molecule has 1 atom stereocenters. The first-order chi connectivity index (χ1) is 10.4. The van der Waals surface area contributed by atoms with Gasteiger partial charge in [-0.25, -0.2) is 13.1 Å². The molecule has 0 radical (unpaired) electrons. The number of benzene rings is 1. The van der Waals surface area contributed by atoms with Gasteiger partial charge in [0.05, 0.1) is 4.90 Å². The fraction of sp³-hybridized carbons (Fsp3) is 0.647. The molecule has 1 aromatic carbocycles. The molecule has 4 nitrogen and oxygen atoms in total. The highest BCUT2D eigenvalue weighted by atomic mass is 32.2. The van der Waals surface area contributed by atoms with E-state index in [0.717, 1.165) is 43.1 Å². The highest BCUT2D eigenvalue weighted by Gasteiger charge is 2.18. The van der Waals surface area contributed by atoms with Crippen LogP contribution >= 0.6 is 0 Å². The lowest BCUT2D eigenvalue weighted by Gasteiger charge is -2.30. The van der Waals surface area contributed by atoms with E-state index in [9.17, 15) is 8.42 Å². The predicted molar refractivity (Wildman–Crippen MR) is 90.6 cm³/mol. The molecular weight excluding hydrogens is 296 g/mol. The zero-order chi connectivity index (χ0) is 16.2. The van der Waals surface area contributed by atoms with E-state index >= 15 is 0 Å². The van der Waals surface area contributed by atoms with Crippen LogP contribution in [0.4, 0.5) is 0 Å². The average Bonchev–Trinajstić information content (AvgIpc) is 2.46. The Labute approximate surface area is 135 Å². The normalized spacial score (nSPS) is 20.2.